The minimum absolute atomic E-state index is 0.256. The number of anilines is 1. The summed E-state index contributed by atoms with van der Waals surface area (Å²) >= 11 is 0. The molecule has 2 heterocycles. The highest BCUT2D eigenvalue weighted by Crippen LogP contribution is 2.22. The van der Waals surface area contributed by atoms with Crippen molar-refractivity contribution in [2.45, 2.75) is 13.8 Å². The third kappa shape index (κ3) is 7.01. The number of nitrogens with one attached hydrogen (secondary N) is 5. The number of nitrogens with zero attached hydrogens (tertiary/aromatic N) is 2. The van der Waals surface area contributed by atoms with Crippen LogP contribution in [0.5, 0.6) is 0 Å². The van der Waals surface area contributed by atoms with Gasteiger partial charge in [0.25, 0.3) is 17.7 Å². The summed E-state index contributed by atoms with van der Waals surface area (Å²) in [6.07, 6.45) is 0. The topological polar surface area (TPSA) is 196 Å². The molecule has 3 amide bonds. The third-order valence-electron chi connectivity index (χ3n) is 5.77. The number of carbonyl (C=O) groups is 3. The zero-order chi connectivity index (χ0) is 27.9. The van der Waals surface area contributed by atoms with Crippen LogP contribution < -0.4 is 27.4 Å². The van der Waals surface area contributed by atoms with Gasteiger partial charge in [-0.2, -0.15) is 0 Å². The molecule has 2 aromatic carbocycles. The standard InChI is InChI=1S/C27H31N9O3/c1-15(28)30-7-9-32-26(38)23-13-18-11-17(3-5-21(18)35-23)25(37)34-20-4-6-22-19(12-20)14-24(36-22)27(39)33-10-8-31-16(2)29/h3-6,11-14,35-36H,7-10H2,1-2H3,(H2,28,30)(H2,29,31)(H,32,38)(H,33,39)(H,34,37). The second kappa shape index (κ2) is 11.9. The molecule has 0 unspecified atom stereocenters. The highest BCUT2D eigenvalue weighted by Gasteiger charge is 2.13. The fourth-order valence-corrected chi connectivity index (χ4v) is 3.93. The van der Waals surface area contributed by atoms with E-state index in [4.69, 9.17) is 11.5 Å². The predicted octanol–water partition coefficient (Wildman–Crippen LogP) is 2.12. The van der Waals surface area contributed by atoms with E-state index in [0.717, 1.165) is 21.8 Å². The Morgan fingerprint density at radius 3 is 1.77 bits per heavy atom. The van der Waals surface area contributed by atoms with Gasteiger partial charge in [0, 0.05) is 46.1 Å². The fourth-order valence-electron chi connectivity index (χ4n) is 3.93. The number of hydrogen-bond donors (Lipinski definition) is 7. The number of benzene rings is 2. The van der Waals surface area contributed by atoms with Gasteiger partial charge in [-0.15, -0.1) is 0 Å². The Labute approximate surface area is 224 Å². The Hall–Kier alpha value is -5.13. The monoisotopic (exact) mass is 529 g/mol. The van der Waals surface area contributed by atoms with Crippen LogP contribution in [0.4, 0.5) is 5.69 Å². The molecule has 0 atom stereocenters. The number of amidine groups is 2. The van der Waals surface area contributed by atoms with Gasteiger partial charge in [0.15, 0.2) is 0 Å². The molecule has 4 aromatic rings. The van der Waals surface area contributed by atoms with Gasteiger partial charge in [-0.25, -0.2) is 0 Å². The van der Waals surface area contributed by atoms with Crippen molar-refractivity contribution in [1.29, 1.82) is 0 Å². The number of amides is 3. The summed E-state index contributed by atoms with van der Waals surface area (Å²) in [5, 5.41) is 9.95. The maximum absolute atomic E-state index is 13.0. The van der Waals surface area contributed by atoms with Crippen LogP contribution >= 0.6 is 0 Å². The normalized spacial score (nSPS) is 12.1. The molecule has 202 valence electrons. The molecule has 4 rings (SSSR count). The predicted molar refractivity (Wildman–Crippen MR) is 154 cm³/mol. The molecule has 0 fully saturated rings. The first kappa shape index (κ1) is 26.9. The van der Waals surface area contributed by atoms with Crippen LogP contribution in [-0.2, 0) is 0 Å². The molecule has 0 saturated heterocycles. The van der Waals surface area contributed by atoms with Gasteiger partial charge in [-0.05, 0) is 62.4 Å². The highest BCUT2D eigenvalue weighted by atomic mass is 16.2. The average molecular weight is 530 g/mol. The van der Waals surface area contributed by atoms with Crippen molar-refractivity contribution < 1.29 is 14.4 Å². The number of H-pyrrole nitrogens is 2. The van der Waals surface area contributed by atoms with E-state index in [9.17, 15) is 14.4 Å². The van der Waals surface area contributed by atoms with Crippen molar-refractivity contribution in [3.8, 4) is 0 Å². The molecule has 0 aliphatic heterocycles. The van der Waals surface area contributed by atoms with E-state index >= 15 is 0 Å². The number of aromatic nitrogens is 2. The molecule has 39 heavy (non-hydrogen) atoms. The zero-order valence-corrected chi connectivity index (χ0v) is 21.7. The number of carbonyl (C=O) groups excluding carboxylic acids is 3. The molecule has 0 spiro atoms. The van der Waals surface area contributed by atoms with Gasteiger partial charge in [0.05, 0.1) is 24.8 Å². The minimum atomic E-state index is -0.303. The Bertz CT molecular complexity index is 1590. The van der Waals surface area contributed by atoms with Crippen LogP contribution in [0.25, 0.3) is 21.8 Å². The second-order valence-corrected chi connectivity index (χ2v) is 8.98. The number of nitrogens with two attached hydrogens (primary N) is 2. The van der Waals surface area contributed by atoms with Crippen LogP contribution in [0.1, 0.15) is 45.2 Å². The van der Waals surface area contributed by atoms with Crippen molar-refractivity contribution in [3.63, 3.8) is 0 Å². The van der Waals surface area contributed by atoms with Crippen molar-refractivity contribution in [3.05, 3.63) is 65.5 Å². The van der Waals surface area contributed by atoms with Gasteiger partial charge in [-0.1, -0.05) is 0 Å². The lowest BCUT2D eigenvalue weighted by Gasteiger charge is -2.05. The van der Waals surface area contributed by atoms with E-state index in [1.165, 1.54) is 0 Å². The molecule has 2 aromatic heterocycles. The van der Waals surface area contributed by atoms with E-state index in [0.29, 0.717) is 60.5 Å². The summed E-state index contributed by atoms with van der Waals surface area (Å²) in [5.74, 6) is 0.0949. The van der Waals surface area contributed by atoms with E-state index in [1.54, 1.807) is 62.4 Å². The summed E-state index contributed by atoms with van der Waals surface area (Å²) in [6, 6.07) is 13.9. The SMILES string of the molecule is CC(N)=NCCNC(=O)c1cc2cc(NC(=O)c3ccc4[nH]c(C(=O)NCCN=C(C)N)cc4c3)ccc2[nH]1. The number of aromatic amines is 2. The third-order valence-corrected chi connectivity index (χ3v) is 5.77. The van der Waals surface area contributed by atoms with Crippen LogP contribution in [0.15, 0.2) is 58.5 Å². The largest absolute Gasteiger partial charge is 0.388 e. The van der Waals surface area contributed by atoms with Gasteiger partial charge in [0.1, 0.15) is 11.4 Å². The first-order valence-electron chi connectivity index (χ1n) is 12.4. The first-order valence-corrected chi connectivity index (χ1v) is 12.4. The molecule has 12 heteroatoms. The van der Waals surface area contributed by atoms with Gasteiger partial charge >= 0.3 is 0 Å². The van der Waals surface area contributed by atoms with E-state index in [-0.39, 0.29) is 17.7 Å². The van der Waals surface area contributed by atoms with Crippen LogP contribution in [-0.4, -0.2) is 65.5 Å². The van der Waals surface area contributed by atoms with Gasteiger partial charge < -0.3 is 37.4 Å². The van der Waals surface area contributed by atoms with Crippen LogP contribution in [0, 0.1) is 0 Å². The van der Waals surface area contributed by atoms with E-state index in [2.05, 4.69) is 35.9 Å². The lowest BCUT2D eigenvalue weighted by Crippen LogP contribution is -2.26. The number of aliphatic imine (C=N–C) groups is 2. The van der Waals surface area contributed by atoms with Crippen molar-refractivity contribution in [2.24, 2.45) is 21.5 Å². The number of hydrogen-bond acceptors (Lipinski definition) is 5. The summed E-state index contributed by atoms with van der Waals surface area (Å²) in [7, 11) is 0. The maximum atomic E-state index is 13.0. The Morgan fingerprint density at radius 2 is 1.23 bits per heavy atom. The molecular weight excluding hydrogens is 498 g/mol. The molecular formula is C27H31N9O3. The molecule has 9 N–H and O–H groups in total. The minimum Gasteiger partial charge on any atom is -0.388 e. The van der Waals surface area contributed by atoms with E-state index in [1.807, 2.05) is 0 Å². The van der Waals surface area contributed by atoms with Crippen LogP contribution in [0.3, 0.4) is 0 Å². The van der Waals surface area contributed by atoms with Crippen molar-refractivity contribution in [1.82, 2.24) is 20.6 Å². The molecule has 0 saturated carbocycles. The molecule has 12 nitrogen and oxygen atoms in total. The summed E-state index contributed by atoms with van der Waals surface area (Å²) in [4.78, 5) is 52.0. The number of rotatable bonds is 10. The van der Waals surface area contributed by atoms with Crippen molar-refractivity contribution >= 4 is 56.9 Å². The highest BCUT2D eigenvalue weighted by molar-refractivity contribution is 6.08. The van der Waals surface area contributed by atoms with Gasteiger partial charge in [-0.3, -0.25) is 24.4 Å². The Morgan fingerprint density at radius 1 is 0.718 bits per heavy atom. The lowest BCUT2D eigenvalue weighted by atomic mass is 10.1. The maximum Gasteiger partial charge on any atom is 0.267 e. The molecule has 0 aliphatic carbocycles. The first-order chi connectivity index (χ1) is 18.7. The Kier molecular flexibility index (Phi) is 8.24. The summed E-state index contributed by atoms with van der Waals surface area (Å²) < 4.78 is 0. The quantitative estimate of drug-likeness (QED) is 0.0937. The van der Waals surface area contributed by atoms with Gasteiger partial charge in [0.2, 0.25) is 0 Å². The molecule has 0 aliphatic rings. The summed E-state index contributed by atoms with van der Waals surface area (Å²) in [6.45, 7) is 4.90. The smallest absolute Gasteiger partial charge is 0.267 e. The number of fused-ring (bicyclic) bond motifs is 2. The van der Waals surface area contributed by atoms with Crippen LogP contribution in [0.2, 0.25) is 0 Å². The fraction of sp³-hybridized carbons (Fsp3) is 0.222. The zero-order valence-electron chi connectivity index (χ0n) is 21.7. The average Bonchev–Trinajstić information content (AvgIpc) is 3.52. The lowest BCUT2D eigenvalue weighted by molar-refractivity contribution is 0.0942. The van der Waals surface area contributed by atoms with E-state index < -0.39 is 0 Å². The molecule has 0 radical (unpaired) electrons. The second-order valence-electron chi connectivity index (χ2n) is 8.98. The van der Waals surface area contributed by atoms with Crippen molar-refractivity contribution in [2.75, 3.05) is 31.5 Å². The summed E-state index contributed by atoms with van der Waals surface area (Å²) in [5.41, 5.74) is 14.3. The Balaban J connectivity index is 1.40. The molecule has 0 bridgehead atoms.